The molecule has 0 spiro atoms. The third-order valence-electron chi connectivity index (χ3n) is 3.36. The van der Waals surface area contributed by atoms with E-state index in [1.165, 1.54) is 25.7 Å². The molecule has 1 aromatic rings. The van der Waals surface area contributed by atoms with Crippen molar-refractivity contribution in [2.75, 3.05) is 12.3 Å². The summed E-state index contributed by atoms with van der Waals surface area (Å²) in [6.07, 6.45) is 7.97. The lowest BCUT2D eigenvalue weighted by Crippen LogP contribution is -2.25. The van der Waals surface area contributed by atoms with Crippen LogP contribution in [0, 0.1) is 5.92 Å². The summed E-state index contributed by atoms with van der Waals surface area (Å²) in [4.78, 5) is 15.6. The monoisotopic (exact) mass is 233 g/mol. The van der Waals surface area contributed by atoms with Crippen LogP contribution < -0.4 is 11.1 Å². The first-order valence-corrected chi connectivity index (χ1v) is 6.25. The van der Waals surface area contributed by atoms with Crippen LogP contribution in [0.3, 0.4) is 0 Å². The van der Waals surface area contributed by atoms with Crippen molar-refractivity contribution >= 4 is 11.7 Å². The van der Waals surface area contributed by atoms with Crippen molar-refractivity contribution in [2.24, 2.45) is 5.92 Å². The molecule has 1 aliphatic rings. The van der Waals surface area contributed by atoms with Crippen LogP contribution in [-0.4, -0.2) is 17.4 Å². The van der Waals surface area contributed by atoms with E-state index in [2.05, 4.69) is 10.3 Å². The summed E-state index contributed by atoms with van der Waals surface area (Å²) in [6, 6.07) is 3.28. The Morgan fingerprint density at radius 1 is 1.47 bits per heavy atom. The van der Waals surface area contributed by atoms with Crippen LogP contribution in [0.1, 0.15) is 42.5 Å². The number of anilines is 1. The van der Waals surface area contributed by atoms with Gasteiger partial charge in [-0.15, -0.1) is 0 Å². The van der Waals surface area contributed by atoms with Crippen molar-refractivity contribution in [1.82, 2.24) is 10.3 Å². The quantitative estimate of drug-likeness (QED) is 0.835. The molecule has 92 valence electrons. The van der Waals surface area contributed by atoms with Crippen molar-refractivity contribution in [2.45, 2.75) is 32.1 Å². The SMILES string of the molecule is Nc1cc(C(=O)NCCC2CCCC2)ccn1. The maximum atomic E-state index is 11.8. The van der Waals surface area contributed by atoms with E-state index < -0.39 is 0 Å². The minimum absolute atomic E-state index is 0.0582. The Morgan fingerprint density at radius 2 is 2.24 bits per heavy atom. The number of amides is 1. The second-order valence-corrected chi connectivity index (χ2v) is 4.66. The van der Waals surface area contributed by atoms with Crippen molar-refractivity contribution in [3.05, 3.63) is 23.9 Å². The fourth-order valence-corrected chi connectivity index (χ4v) is 2.38. The second-order valence-electron chi connectivity index (χ2n) is 4.66. The Kier molecular flexibility index (Phi) is 3.96. The minimum atomic E-state index is -0.0582. The number of carbonyl (C=O) groups is 1. The highest BCUT2D eigenvalue weighted by Crippen LogP contribution is 2.26. The largest absolute Gasteiger partial charge is 0.384 e. The average Bonchev–Trinajstić information content (AvgIpc) is 2.82. The lowest BCUT2D eigenvalue weighted by Gasteiger charge is -2.09. The number of carbonyl (C=O) groups excluding carboxylic acids is 1. The molecule has 17 heavy (non-hydrogen) atoms. The number of hydrogen-bond donors (Lipinski definition) is 2. The number of nitrogens with zero attached hydrogens (tertiary/aromatic N) is 1. The van der Waals surface area contributed by atoms with Gasteiger partial charge < -0.3 is 11.1 Å². The predicted molar refractivity (Wildman–Crippen MR) is 67.6 cm³/mol. The number of nitrogens with two attached hydrogens (primary N) is 1. The topological polar surface area (TPSA) is 68.0 Å². The summed E-state index contributed by atoms with van der Waals surface area (Å²) in [7, 11) is 0. The van der Waals surface area contributed by atoms with Crippen molar-refractivity contribution in [3.8, 4) is 0 Å². The normalized spacial score (nSPS) is 16.0. The lowest BCUT2D eigenvalue weighted by molar-refractivity contribution is 0.0951. The molecular weight excluding hydrogens is 214 g/mol. The van der Waals surface area contributed by atoms with E-state index in [0.717, 1.165) is 18.9 Å². The first-order valence-electron chi connectivity index (χ1n) is 6.25. The van der Waals surface area contributed by atoms with Crippen LogP contribution in [0.5, 0.6) is 0 Å². The predicted octanol–water partition coefficient (Wildman–Crippen LogP) is 1.97. The van der Waals surface area contributed by atoms with Gasteiger partial charge in [0.25, 0.3) is 5.91 Å². The third kappa shape index (κ3) is 3.44. The molecule has 1 aliphatic carbocycles. The molecule has 0 aliphatic heterocycles. The zero-order valence-electron chi connectivity index (χ0n) is 9.98. The van der Waals surface area contributed by atoms with Gasteiger partial charge in [0.05, 0.1) is 0 Å². The van der Waals surface area contributed by atoms with Gasteiger partial charge in [-0.25, -0.2) is 4.98 Å². The highest BCUT2D eigenvalue weighted by atomic mass is 16.1. The third-order valence-corrected chi connectivity index (χ3v) is 3.36. The number of nitrogen functional groups attached to an aromatic ring is 1. The summed E-state index contributed by atoms with van der Waals surface area (Å²) in [5.74, 6) is 1.13. The van der Waals surface area contributed by atoms with Gasteiger partial charge in [0, 0.05) is 18.3 Å². The molecule has 0 bridgehead atoms. The van der Waals surface area contributed by atoms with E-state index in [0.29, 0.717) is 11.4 Å². The molecule has 3 N–H and O–H groups in total. The lowest BCUT2D eigenvalue weighted by atomic mass is 10.0. The van der Waals surface area contributed by atoms with Gasteiger partial charge in [0.2, 0.25) is 0 Å². The zero-order valence-corrected chi connectivity index (χ0v) is 9.98. The molecule has 0 saturated heterocycles. The minimum Gasteiger partial charge on any atom is -0.384 e. The smallest absolute Gasteiger partial charge is 0.251 e. The Bertz CT molecular complexity index is 386. The summed E-state index contributed by atoms with van der Waals surface area (Å²) >= 11 is 0. The molecule has 0 radical (unpaired) electrons. The Hall–Kier alpha value is -1.58. The maximum absolute atomic E-state index is 11.8. The van der Waals surface area contributed by atoms with Crippen LogP contribution >= 0.6 is 0 Å². The second kappa shape index (κ2) is 5.66. The maximum Gasteiger partial charge on any atom is 0.251 e. The number of rotatable bonds is 4. The van der Waals surface area contributed by atoms with Gasteiger partial charge in [0.15, 0.2) is 0 Å². The molecule has 1 fully saturated rings. The highest BCUT2D eigenvalue weighted by Gasteiger charge is 2.14. The van der Waals surface area contributed by atoms with Gasteiger partial charge in [-0.3, -0.25) is 4.79 Å². The molecule has 1 heterocycles. The van der Waals surface area contributed by atoms with Crippen molar-refractivity contribution in [3.63, 3.8) is 0 Å². The molecule has 4 heteroatoms. The molecule has 1 amide bonds. The molecule has 0 unspecified atom stereocenters. The summed E-state index contributed by atoms with van der Waals surface area (Å²) in [5, 5.41) is 2.93. The molecule has 0 aromatic carbocycles. The number of aromatic nitrogens is 1. The fourth-order valence-electron chi connectivity index (χ4n) is 2.38. The first-order chi connectivity index (χ1) is 8.25. The molecule has 1 saturated carbocycles. The van der Waals surface area contributed by atoms with Crippen LogP contribution in [-0.2, 0) is 0 Å². The number of pyridine rings is 1. The van der Waals surface area contributed by atoms with E-state index in [4.69, 9.17) is 5.73 Å². The Balaban J connectivity index is 1.77. The molecule has 4 nitrogen and oxygen atoms in total. The van der Waals surface area contributed by atoms with E-state index >= 15 is 0 Å². The molecule has 2 rings (SSSR count). The van der Waals surface area contributed by atoms with E-state index in [-0.39, 0.29) is 5.91 Å². The van der Waals surface area contributed by atoms with Gasteiger partial charge in [0.1, 0.15) is 5.82 Å². The average molecular weight is 233 g/mol. The van der Waals surface area contributed by atoms with Gasteiger partial charge in [-0.2, -0.15) is 0 Å². The first kappa shape index (κ1) is 11.9. The standard InChI is InChI=1S/C13H19N3O/c14-12-9-11(6-8-15-12)13(17)16-7-5-10-3-1-2-4-10/h6,8-10H,1-5,7H2,(H2,14,15)(H,16,17). The van der Waals surface area contributed by atoms with Crippen LogP contribution in [0.4, 0.5) is 5.82 Å². The molecule has 0 atom stereocenters. The summed E-state index contributed by atoms with van der Waals surface area (Å²) in [5.41, 5.74) is 6.12. The Morgan fingerprint density at radius 3 is 2.94 bits per heavy atom. The van der Waals surface area contributed by atoms with E-state index in [1.807, 2.05) is 0 Å². The van der Waals surface area contributed by atoms with E-state index in [1.54, 1.807) is 18.3 Å². The summed E-state index contributed by atoms with van der Waals surface area (Å²) in [6.45, 7) is 0.756. The zero-order chi connectivity index (χ0) is 12.1. The molecule has 1 aromatic heterocycles. The van der Waals surface area contributed by atoms with Gasteiger partial charge >= 0.3 is 0 Å². The Labute approximate surface area is 102 Å². The highest BCUT2D eigenvalue weighted by molar-refractivity contribution is 5.94. The van der Waals surface area contributed by atoms with Crippen molar-refractivity contribution in [1.29, 1.82) is 0 Å². The summed E-state index contributed by atoms with van der Waals surface area (Å²) < 4.78 is 0. The van der Waals surface area contributed by atoms with Crippen molar-refractivity contribution < 1.29 is 4.79 Å². The van der Waals surface area contributed by atoms with Gasteiger partial charge in [-0.05, 0) is 24.5 Å². The van der Waals surface area contributed by atoms with Crippen LogP contribution in [0.15, 0.2) is 18.3 Å². The molecular formula is C13H19N3O. The van der Waals surface area contributed by atoms with Crippen LogP contribution in [0.2, 0.25) is 0 Å². The fraction of sp³-hybridized carbons (Fsp3) is 0.538. The van der Waals surface area contributed by atoms with E-state index in [9.17, 15) is 4.79 Å². The van der Waals surface area contributed by atoms with Crippen LogP contribution in [0.25, 0.3) is 0 Å². The van der Waals surface area contributed by atoms with Gasteiger partial charge in [-0.1, -0.05) is 25.7 Å². The number of hydrogen-bond acceptors (Lipinski definition) is 3. The number of nitrogens with one attached hydrogen (secondary N) is 1.